The zero-order valence-corrected chi connectivity index (χ0v) is 10.9. The van der Waals surface area contributed by atoms with E-state index in [1.54, 1.807) is 13.0 Å². The average molecular weight is 242 g/mol. The average Bonchev–Trinajstić information content (AvgIpc) is 2.53. The van der Waals surface area contributed by atoms with Crippen LogP contribution in [0.15, 0.2) is 11.6 Å². The first-order chi connectivity index (χ1) is 7.86. The molecule has 0 bridgehead atoms. The Hall–Kier alpha value is -0.870. The second-order valence-electron chi connectivity index (χ2n) is 5.06. The molecule has 4 unspecified atom stereocenters. The maximum atomic E-state index is 11.3. The van der Waals surface area contributed by atoms with E-state index in [1.807, 2.05) is 13.8 Å². The van der Waals surface area contributed by atoms with E-state index in [0.29, 0.717) is 18.4 Å². The number of rotatable bonds is 3. The first kappa shape index (κ1) is 14.2. The van der Waals surface area contributed by atoms with Crippen molar-refractivity contribution in [3.63, 3.8) is 0 Å². The molecule has 1 aliphatic carbocycles. The van der Waals surface area contributed by atoms with E-state index in [0.717, 1.165) is 0 Å². The summed E-state index contributed by atoms with van der Waals surface area (Å²) in [6.07, 6.45) is 1.74. The van der Waals surface area contributed by atoms with Crippen molar-refractivity contribution in [3.8, 4) is 0 Å². The van der Waals surface area contributed by atoms with Crippen LogP contribution in [0.1, 0.15) is 33.6 Å². The van der Waals surface area contributed by atoms with Crippen molar-refractivity contribution in [1.29, 1.82) is 0 Å². The molecule has 0 amide bonds. The van der Waals surface area contributed by atoms with Gasteiger partial charge in [0.05, 0.1) is 19.3 Å². The van der Waals surface area contributed by atoms with Crippen molar-refractivity contribution in [1.82, 2.24) is 0 Å². The van der Waals surface area contributed by atoms with Crippen LogP contribution >= 0.6 is 0 Å². The molecule has 0 radical (unpaired) electrons. The summed E-state index contributed by atoms with van der Waals surface area (Å²) in [6.45, 7) is 5.49. The summed E-state index contributed by atoms with van der Waals surface area (Å²) in [5, 5.41) is 20.2. The molecule has 4 atom stereocenters. The molecule has 0 aliphatic heterocycles. The van der Waals surface area contributed by atoms with Crippen LogP contribution in [-0.4, -0.2) is 35.5 Å². The number of aliphatic hydroxyl groups is 2. The van der Waals surface area contributed by atoms with Gasteiger partial charge in [0.25, 0.3) is 0 Å². The molecule has 0 aromatic heterocycles. The van der Waals surface area contributed by atoms with E-state index in [1.165, 1.54) is 7.11 Å². The van der Waals surface area contributed by atoms with E-state index in [2.05, 4.69) is 4.74 Å². The molecule has 4 heteroatoms. The van der Waals surface area contributed by atoms with Crippen LogP contribution in [0.3, 0.4) is 0 Å². The van der Waals surface area contributed by atoms with Gasteiger partial charge in [-0.15, -0.1) is 0 Å². The van der Waals surface area contributed by atoms with Gasteiger partial charge >= 0.3 is 5.97 Å². The summed E-state index contributed by atoms with van der Waals surface area (Å²) < 4.78 is 4.61. The molecule has 0 aromatic carbocycles. The van der Waals surface area contributed by atoms with Crippen LogP contribution in [0.5, 0.6) is 0 Å². The fraction of sp³-hybridized carbons (Fsp3) is 0.769. The highest BCUT2D eigenvalue weighted by Crippen LogP contribution is 2.45. The maximum Gasteiger partial charge on any atom is 0.333 e. The van der Waals surface area contributed by atoms with E-state index >= 15 is 0 Å². The normalized spacial score (nSPS) is 38.2. The highest BCUT2D eigenvalue weighted by molar-refractivity contribution is 5.87. The number of carbonyl (C=O) groups excluding carboxylic acids is 1. The van der Waals surface area contributed by atoms with Crippen molar-refractivity contribution in [2.75, 3.05) is 7.11 Å². The molecule has 1 aliphatic rings. The molecule has 2 N–H and O–H groups in total. The molecule has 98 valence electrons. The first-order valence-corrected chi connectivity index (χ1v) is 5.99. The van der Waals surface area contributed by atoms with Crippen LogP contribution in [-0.2, 0) is 9.53 Å². The molecule has 4 nitrogen and oxygen atoms in total. The van der Waals surface area contributed by atoms with Crippen LogP contribution in [0.25, 0.3) is 0 Å². The number of hydrogen-bond donors (Lipinski definition) is 2. The Balaban J connectivity index is 2.86. The van der Waals surface area contributed by atoms with Gasteiger partial charge in [-0.25, -0.2) is 4.79 Å². The molecule has 1 rings (SSSR count). The molecule has 0 aromatic rings. The maximum absolute atomic E-state index is 11.3. The van der Waals surface area contributed by atoms with Gasteiger partial charge in [-0.1, -0.05) is 19.9 Å². The van der Waals surface area contributed by atoms with Gasteiger partial charge < -0.3 is 14.9 Å². The standard InChI is InChI=1S/C13H22O4/c1-5-13(3)10(14)7-9(11(13)15)6-8(2)12(16)17-4/h6,9-11,14-15H,5,7H2,1-4H3/b8-6+. The summed E-state index contributed by atoms with van der Waals surface area (Å²) in [4.78, 5) is 11.3. The Kier molecular flexibility index (Phi) is 4.33. The van der Waals surface area contributed by atoms with Crippen molar-refractivity contribution >= 4 is 5.97 Å². The van der Waals surface area contributed by atoms with Crippen LogP contribution in [0.4, 0.5) is 0 Å². The van der Waals surface area contributed by atoms with Gasteiger partial charge in [-0.3, -0.25) is 0 Å². The molecule has 1 saturated carbocycles. The molecule has 17 heavy (non-hydrogen) atoms. The highest BCUT2D eigenvalue weighted by Gasteiger charge is 2.48. The lowest BCUT2D eigenvalue weighted by molar-refractivity contribution is -0.136. The largest absolute Gasteiger partial charge is 0.466 e. The zero-order valence-electron chi connectivity index (χ0n) is 10.9. The molecule has 0 heterocycles. The number of esters is 1. The molecular formula is C13H22O4. The number of methoxy groups -OCH3 is 1. The Bertz CT molecular complexity index is 323. The summed E-state index contributed by atoms with van der Waals surface area (Å²) in [7, 11) is 1.33. The van der Waals surface area contributed by atoms with Crippen LogP contribution in [0, 0.1) is 11.3 Å². The minimum atomic E-state index is -0.623. The fourth-order valence-corrected chi connectivity index (χ4v) is 2.50. The molecule has 1 fully saturated rings. The third-order valence-electron chi connectivity index (χ3n) is 4.07. The third kappa shape index (κ3) is 2.53. The van der Waals surface area contributed by atoms with Crippen LogP contribution < -0.4 is 0 Å². The van der Waals surface area contributed by atoms with Crippen LogP contribution in [0.2, 0.25) is 0 Å². The lowest BCUT2D eigenvalue weighted by Crippen LogP contribution is -2.36. The second-order valence-corrected chi connectivity index (χ2v) is 5.06. The Morgan fingerprint density at radius 3 is 2.53 bits per heavy atom. The topological polar surface area (TPSA) is 66.8 Å². The van der Waals surface area contributed by atoms with E-state index < -0.39 is 23.6 Å². The van der Waals surface area contributed by atoms with Gasteiger partial charge in [0.1, 0.15) is 0 Å². The van der Waals surface area contributed by atoms with Crippen molar-refractivity contribution in [2.24, 2.45) is 11.3 Å². The van der Waals surface area contributed by atoms with Gasteiger partial charge in [-0.2, -0.15) is 0 Å². The quantitative estimate of drug-likeness (QED) is 0.577. The van der Waals surface area contributed by atoms with Crippen molar-refractivity contribution < 1.29 is 19.7 Å². The SMILES string of the molecule is CCC1(C)C(O)CC(/C=C(\C)C(=O)OC)C1O. The minimum Gasteiger partial charge on any atom is -0.466 e. The monoisotopic (exact) mass is 242 g/mol. The second kappa shape index (κ2) is 5.19. The number of aliphatic hydroxyl groups excluding tert-OH is 2. The fourth-order valence-electron chi connectivity index (χ4n) is 2.50. The predicted molar refractivity (Wildman–Crippen MR) is 64.3 cm³/mol. The van der Waals surface area contributed by atoms with E-state index in [9.17, 15) is 15.0 Å². The van der Waals surface area contributed by atoms with E-state index in [4.69, 9.17) is 0 Å². The Morgan fingerprint density at radius 2 is 2.12 bits per heavy atom. The summed E-state index contributed by atoms with van der Waals surface area (Å²) >= 11 is 0. The first-order valence-electron chi connectivity index (χ1n) is 5.99. The lowest BCUT2D eigenvalue weighted by Gasteiger charge is -2.30. The summed E-state index contributed by atoms with van der Waals surface area (Å²) in [5.41, 5.74) is -0.0125. The lowest BCUT2D eigenvalue weighted by atomic mass is 9.80. The van der Waals surface area contributed by atoms with Gasteiger partial charge in [0.15, 0.2) is 0 Å². The van der Waals surface area contributed by atoms with Crippen molar-refractivity contribution in [3.05, 3.63) is 11.6 Å². The predicted octanol–water partition coefficient (Wildman–Crippen LogP) is 1.26. The zero-order chi connectivity index (χ0) is 13.2. The van der Waals surface area contributed by atoms with Gasteiger partial charge in [-0.05, 0) is 19.8 Å². The Morgan fingerprint density at radius 1 is 1.53 bits per heavy atom. The summed E-state index contributed by atoms with van der Waals surface area (Å²) in [6, 6.07) is 0. The van der Waals surface area contributed by atoms with Crippen molar-refractivity contribution in [2.45, 2.75) is 45.8 Å². The number of hydrogen-bond acceptors (Lipinski definition) is 4. The smallest absolute Gasteiger partial charge is 0.333 e. The Labute approximate surface area is 102 Å². The molecule has 0 spiro atoms. The molecular weight excluding hydrogens is 220 g/mol. The highest BCUT2D eigenvalue weighted by atomic mass is 16.5. The number of carbonyl (C=O) groups is 1. The minimum absolute atomic E-state index is 0.186. The van der Waals surface area contributed by atoms with Gasteiger partial charge in [0, 0.05) is 16.9 Å². The molecule has 0 saturated heterocycles. The van der Waals surface area contributed by atoms with Gasteiger partial charge in [0.2, 0.25) is 0 Å². The number of ether oxygens (including phenoxy) is 1. The van der Waals surface area contributed by atoms with E-state index in [-0.39, 0.29) is 5.92 Å². The summed E-state index contributed by atoms with van der Waals surface area (Å²) in [5.74, 6) is -0.578. The third-order valence-corrected chi connectivity index (χ3v) is 4.07.